The van der Waals surface area contributed by atoms with E-state index in [1.54, 1.807) is 5.75 Å². The van der Waals surface area contributed by atoms with E-state index in [9.17, 15) is 14.6 Å². The molecule has 50 valence electrons. The van der Waals surface area contributed by atoms with E-state index < -0.39 is 20.4 Å². The molecule has 9 heavy (non-hydrogen) atoms. The van der Waals surface area contributed by atoms with Crippen LogP contribution in [0, 0.1) is 11.0 Å². The molecule has 0 saturated heterocycles. The van der Waals surface area contributed by atoms with E-state index in [0.29, 0.717) is 0 Å². The van der Waals surface area contributed by atoms with Gasteiger partial charge in [0, 0.05) is 0 Å². The molecule has 0 aliphatic rings. The van der Waals surface area contributed by atoms with Crippen LogP contribution in [0.2, 0.25) is 0 Å². The van der Waals surface area contributed by atoms with Crippen molar-refractivity contribution in [2.24, 2.45) is 0 Å². The molecule has 0 bridgehead atoms. The van der Waals surface area contributed by atoms with Crippen LogP contribution in [0.4, 0.5) is 0 Å². The van der Waals surface area contributed by atoms with E-state index in [4.69, 9.17) is 5.11 Å². The second kappa shape index (κ2) is 4.30. The molecule has 1 N–H and O–H groups in total. The molecule has 0 aliphatic carbocycles. The van der Waals surface area contributed by atoms with Crippen LogP contribution in [0.15, 0.2) is 0 Å². The Bertz CT molecular complexity index is 195. The van der Waals surface area contributed by atoms with Gasteiger partial charge in [0.2, 0.25) is 0 Å². The Morgan fingerprint density at radius 1 is 1.89 bits per heavy atom. The van der Waals surface area contributed by atoms with Gasteiger partial charge in [-0.25, -0.2) is 0 Å². The number of carboxylic acid groups (broad SMARTS) is 1. The van der Waals surface area contributed by atoms with Gasteiger partial charge in [0.25, 0.3) is 0 Å². The Hall–Kier alpha value is -0.600. The summed E-state index contributed by atoms with van der Waals surface area (Å²) in [7, 11) is -0.605. The Labute approximate surface area is 52.0 Å². The van der Waals surface area contributed by atoms with Crippen molar-refractivity contribution in [3.05, 3.63) is 5.21 Å². The minimum atomic E-state index is -1.28. The summed E-state index contributed by atoms with van der Waals surface area (Å²) >= 11 is 0. The van der Waals surface area contributed by atoms with Crippen molar-refractivity contribution in [2.45, 2.75) is 0 Å². The molecule has 0 aliphatic heterocycles. The van der Waals surface area contributed by atoms with Gasteiger partial charge in [-0.2, -0.15) is 0 Å². The second-order valence-corrected chi connectivity index (χ2v) is 1.50. The van der Waals surface area contributed by atoms with Gasteiger partial charge in [-0.05, 0) is 0 Å². The molecule has 0 fully saturated rings. The molecule has 6 heteroatoms. The van der Waals surface area contributed by atoms with Gasteiger partial charge in [-0.1, -0.05) is 0 Å². The summed E-state index contributed by atoms with van der Waals surface area (Å²) in [6, 6.07) is 0. The van der Waals surface area contributed by atoms with Crippen LogP contribution in [0.3, 0.4) is 0 Å². The van der Waals surface area contributed by atoms with Gasteiger partial charge >= 0.3 is 50.9 Å². The first kappa shape index (κ1) is 8.40. The van der Waals surface area contributed by atoms with E-state index in [0.717, 1.165) is 0 Å². The van der Waals surface area contributed by atoms with E-state index >= 15 is 0 Å². The van der Waals surface area contributed by atoms with Crippen LogP contribution in [0.5, 0.6) is 0 Å². The molecule has 0 spiro atoms. The van der Waals surface area contributed by atoms with E-state index in [1.165, 1.54) is 0 Å². The molecule has 0 amide bonds. The molecule has 0 radical (unpaired) electrons. The van der Waals surface area contributed by atoms with Crippen LogP contribution in [0.25, 0.3) is 0 Å². The summed E-state index contributed by atoms with van der Waals surface area (Å²) in [6.45, 7) is -0.727. The molecule has 0 saturated carbocycles. The number of carbonyl (C=O) groups is 1. The standard InChI is InChI=1S/C3H3NO4P/c5-3(6)1-4(7)2-9-8/h1H2,(H,5,6)/q-1. The average Bonchev–Trinajstić information content (AvgIpc) is 1.63. The van der Waals surface area contributed by atoms with E-state index in [-0.39, 0.29) is 5.06 Å². The van der Waals surface area contributed by atoms with Gasteiger partial charge in [0.1, 0.15) is 0 Å². The van der Waals surface area contributed by atoms with Crippen molar-refractivity contribution in [1.29, 1.82) is 0 Å². The number of hydrogen-bond acceptors (Lipinski definition) is 4. The van der Waals surface area contributed by atoms with Gasteiger partial charge in [-0.3, -0.25) is 0 Å². The van der Waals surface area contributed by atoms with Crippen molar-refractivity contribution in [2.75, 3.05) is 6.54 Å². The van der Waals surface area contributed by atoms with E-state index in [2.05, 4.69) is 0 Å². The topological polar surface area (TPSA) is 80.7 Å². The third-order valence-electron chi connectivity index (χ3n) is 0.431. The molecule has 0 aromatic carbocycles. The maximum absolute atomic E-state index is 10.1. The monoisotopic (exact) mass is 148 g/mol. The van der Waals surface area contributed by atoms with Gasteiger partial charge in [0.05, 0.1) is 0 Å². The van der Waals surface area contributed by atoms with Gasteiger partial charge < -0.3 is 0 Å². The molecule has 5 nitrogen and oxygen atoms in total. The van der Waals surface area contributed by atoms with Crippen molar-refractivity contribution < 1.29 is 14.5 Å². The van der Waals surface area contributed by atoms with Gasteiger partial charge in [0.15, 0.2) is 0 Å². The molecular formula is C3H3NO4P-. The van der Waals surface area contributed by atoms with E-state index in [1.807, 2.05) is 0 Å². The fourth-order valence-electron chi connectivity index (χ4n) is 0.204. The van der Waals surface area contributed by atoms with Crippen LogP contribution < -0.4 is 0 Å². The average molecular weight is 148 g/mol. The fraction of sp³-hybridized carbons (Fsp3) is 0.333. The summed E-state index contributed by atoms with van der Waals surface area (Å²) in [5, 5.41) is 18.0. The predicted molar refractivity (Wildman–Crippen MR) is 29.2 cm³/mol. The van der Waals surface area contributed by atoms with Crippen LogP contribution in [0.1, 0.15) is 0 Å². The number of carboxylic acids is 1. The first-order valence-corrected chi connectivity index (χ1v) is 2.72. The zero-order valence-corrected chi connectivity index (χ0v) is 5.17. The Kier molecular flexibility index (Phi) is 4.01. The summed E-state index contributed by atoms with van der Waals surface area (Å²) in [4.78, 5) is 9.70. The predicted octanol–water partition coefficient (Wildman–Crippen LogP) is 0.0792. The summed E-state index contributed by atoms with van der Waals surface area (Å²) < 4.78 is 9.55. The number of nitrogens with zero attached hydrogens (tertiary/aromatic N) is 1. The fourth-order valence-corrected chi connectivity index (χ4v) is 0.366. The second-order valence-electron chi connectivity index (χ2n) is 1.12. The Morgan fingerprint density at radius 3 is 2.78 bits per heavy atom. The molecule has 0 unspecified atom stereocenters. The SMILES string of the molecule is O=P#CN([O-])CC(=O)O. The van der Waals surface area contributed by atoms with Gasteiger partial charge in [-0.15, -0.1) is 0 Å². The molecule has 0 aromatic heterocycles. The molecule has 0 aromatic rings. The summed E-state index contributed by atoms with van der Waals surface area (Å²) in [6.07, 6.45) is 0. The molecule has 0 atom stereocenters. The van der Waals surface area contributed by atoms with Crippen molar-refractivity contribution in [3.8, 4) is 5.75 Å². The zero-order valence-electron chi connectivity index (χ0n) is 4.27. The minimum absolute atomic E-state index is 0.0448. The first-order valence-electron chi connectivity index (χ1n) is 1.91. The molecule has 0 heterocycles. The number of rotatable bonds is 2. The Morgan fingerprint density at radius 2 is 2.44 bits per heavy atom. The van der Waals surface area contributed by atoms with Crippen molar-refractivity contribution in [3.63, 3.8) is 0 Å². The molecule has 0 rings (SSSR count). The number of hydrogen-bond donors (Lipinski definition) is 1. The molecular weight excluding hydrogens is 145 g/mol. The number of hydroxylamine groups is 2. The summed E-state index contributed by atoms with van der Waals surface area (Å²) in [5.74, 6) is 0.414. The Balaban J connectivity index is 3.72. The number of aliphatic carboxylic acids is 1. The third kappa shape index (κ3) is 5.27. The summed E-state index contributed by atoms with van der Waals surface area (Å²) in [5.41, 5.74) is 0. The van der Waals surface area contributed by atoms with Crippen molar-refractivity contribution >= 4 is 13.9 Å². The van der Waals surface area contributed by atoms with Crippen LogP contribution >= 0.6 is 7.92 Å². The quantitative estimate of drug-likeness (QED) is 0.340. The third-order valence-corrected chi connectivity index (χ3v) is 0.736. The van der Waals surface area contributed by atoms with Crippen LogP contribution in [-0.2, 0) is 9.36 Å². The maximum atomic E-state index is 10.1. The first-order chi connectivity index (χ1) is 4.16. The normalized spacial score (nSPS) is 8.67. The van der Waals surface area contributed by atoms with Crippen molar-refractivity contribution in [1.82, 2.24) is 5.06 Å². The zero-order chi connectivity index (χ0) is 7.28. The van der Waals surface area contributed by atoms with Crippen LogP contribution in [-0.4, -0.2) is 22.7 Å².